The maximum Gasteiger partial charge on any atom is 0.253 e. The van der Waals surface area contributed by atoms with Gasteiger partial charge in [-0.1, -0.05) is 65.0 Å². The van der Waals surface area contributed by atoms with Crippen molar-refractivity contribution in [3.63, 3.8) is 0 Å². The first-order valence-corrected chi connectivity index (χ1v) is 10.6. The largest absolute Gasteiger partial charge is 0.350 e. The van der Waals surface area contributed by atoms with E-state index in [0.29, 0.717) is 12.1 Å². The van der Waals surface area contributed by atoms with E-state index in [4.69, 9.17) is 4.98 Å². The van der Waals surface area contributed by atoms with Crippen LogP contribution in [0.25, 0.3) is 22.4 Å². The highest BCUT2D eigenvalue weighted by atomic mass is 16.1. The number of para-hydroxylation sites is 1. The fraction of sp³-hybridized carbons (Fsp3) is 0.417. The summed E-state index contributed by atoms with van der Waals surface area (Å²) in [4.78, 5) is 16.9. The zero-order chi connectivity index (χ0) is 21.8. The standard InChI is InChI=1S/C18H17N3O.C2H7N.2C2H6/c1-2-12-6-8-13(9-7-12)17-20-15-5-3-4-14-16(15)21(17)11-10-19-18(14)22;1-3-2;2*1-2/h3-9H,2,10-11H2,1H3,(H,19,22);3H,1-2H3;2*1-2H3. The highest BCUT2D eigenvalue weighted by molar-refractivity contribution is 6.06. The van der Waals surface area contributed by atoms with E-state index in [0.717, 1.165) is 35.4 Å². The monoisotopic (exact) mass is 396 g/mol. The minimum atomic E-state index is -0.0165. The van der Waals surface area contributed by atoms with E-state index in [2.05, 4.69) is 46.4 Å². The van der Waals surface area contributed by atoms with Gasteiger partial charge in [-0.15, -0.1) is 0 Å². The number of nitrogens with one attached hydrogen (secondary N) is 2. The van der Waals surface area contributed by atoms with E-state index in [9.17, 15) is 4.79 Å². The highest BCUT2D eigenvalue weighted by Crippen LogP contribution is 2.28. The van der Waals surface area contributed by atoms with Gasteiger partial charge in [-0.25, -0.2) is 4.98 Å². The Morgan fingerprint density at radius 3 is 2.24 bits per heavy atom. The first-order chi connectivity index (χ1) is 14.2. The SMILES string of the molecule is CC.CC.CCc1ccc(-c2nc3cccc4c3n2CCNC4=O)cc1.CNC. The number of carbonyl (C=O) groups excluding carboxylic acids is 1. The number of nitrogens with zero attached hydrogens (tertiary/aromatic N) is 2. The fourth-order valence-corrected chi connectivity index (χ4v) is 3.07. The Hall–Kier alpha value is -2.66. The lowest BCUT2D eigenvalue weighted by atomic mass is 10.1. The van der Waals surface area contributed by atoms with Crippen LogP contribution in [0.4, 0.5) is 0 Å². The smallest absolute Gasteiger partial charge is 0.253 e. The predicted molar refractivity (Wildman–Crippen MR) is 125 cm³/mol. The van der Waals surface area contributed by atoms with Gasteiger partial charge >= 0.3 is 0 Å². The Kier molecular flexibility index (Phi) is 10.7. The molecule has 0 aliphatic carbocycles. The maximum atomic E-state index is 12.2. The zero-order valence-corrected chi connectivity index (χ0v) is 19.0. The van der Waals surface area contributed by atoms with Gasteiger partial charge in [0.25, 0.3) is 5.91 Å². The molecule has 0 spiro atoms. The normalized spacial score (nSPS) is 11.6. The van der Waals surface area contributed by atoms with Crippen molar-refractivity contribution in [3.8, 4) is 11.4 Å². The molecule has 3 aromatic rings. The number of amides is 1. The average molecular weight is 397 g/mol. The van der Waals surface area contributed by atoms with Crippen molar-refractivity contribution >= 4 is 16.9 Å². The van der Waals surface area contributed by atoms with Gasteiger partial charge in [-0.3, -0.25) is 4.79 Å². The van der Waals surface area contributed by atoms with Crippen LogP contribution in [0.2, 0.25) is 0 Å². The van der Waals surface area contributed by atoms with Crippen molar-refractivity contribution in [2.45, 2.75) is 47.6 Å². The van der Waals surface area contributed by atoms with Crippen molar-refractivity contribution in [1.82, 2.24) is 20.2 Å². The summed E-state index contributed by atoms with van der Waals surface area (Å²) >= 11 is 0. The summed E-state index contributed by atoms with van der Waals surface area (Å²) in [6.45, 7) is 11.5. The molecule has 1 aromatic heterocycles. The number of imidazole rings is 1. The fourth-order valence-electron chi connectivity index (χ4n) is 3.07. The van der Waals surface area contributed by atoms with Crippen molar-refractivity contribution in [3.05, 3.63) is 53.6 Å². The van der Waals surface area contributed by atoms with Gasteiger partial charge < -0.3 is 15.2 Å². The molecule has 0 unspecified atom stereocenters. The molecule has 0 bridgehead atoms. The van der Waals surface area contributed by atoms with E-state index in [1.54, 1.807) is 0 Å². The topological polar surface area (TPSA) is 59.0 Å². The third-order valence-corrected chi connectivity index (χ3v) is 4.25. The summed E-state index contributed by atoms with van der Waals surface area (Å²) in [7, 11) is 3.75. The van der Waals surface area contributed by atoms with Gasteiger partial charge in [0.1, 0.15) is 5.82 Å². The van der Waals surface area contributed by atoms with E-state index >= 15 is 0 Å². The molecule has 0 saturated heterocycles. The van der Waals surface area contributed by atoms with Gasteiger partial charge in [0.15, 0.2) is 0 Å². The van der Waals surface area contributed by atoms with Crippen LogP contribution >= 0.6 is 0 Å². The molecule has 0 radical (unpaired) electrons. The van der Waals surface area contributed by atoms with Gasteiger partial charge in [0, 0.05) is 18.7 Å². The molecule has 2 heterocycles. The molecule has 1 aliphatic heterocycles. The Morgan fingerprint density at radius 2 is 1.66 bits per heavy atom. The molecule has 1 aliphatic rings. The van der Waals surface area contributed by atoms with E-state index in [1.807, 2.05) is 60.0 Å². The van der Waals surface area contributed by atoms with Crippen LogP contribution in [-0.4, -0.2) is 36.1 Å². The second-order valence-corrected chi connectivity index (χ2v) is 6.07. The maximum absolute atomic E-state index is 12.2. The molecule has 0 saturated carbocycles. The number of carbonyl (C=O) groups is 1. The van der Waals surface area contributed by atoms with E-state index in [1.165, 1.54) is 5.56 Å². The molecular formula is C24H36N4O. The molecule has 2 N–H and O–H groups in total. The summed E-state index contributed by atoms with van der Waals surface area (Å²) in [5, 5.41) is 5.70. The number of aryl methyl sites for hydroxylation is 1. The molecule has 4 rings (SSSR count). The van der Waals surface area contributed by atoms with Crippen LogP contribution < -0.4 is 10.6 Å². The number of aromatic nitrogens is 2. The molecular weight excluding hydrogens is 360 g/mol. The first-order valence-electron chi connectivity index (χ1n) is 10.6. The van der Waals surface area contributed by atoms with Crippen LogP contribution in [0.3, 0.4) is 0 Å². The number of hydrogen-bond donors (Lipinski definition) is 2. The lowest BCUT2D eigenvalue weighted by Crippen LogP contribution is -2.24. The zero-order valence-electron chi connectivity index (χ0n) is 19.0. The lowest BCUT2D eigenvalue weighted by molar-refractivity contribution is 0.0956. The van der Waals surface area contributed by atoms with Crippen molar-refractivity contribution < 1.29 is 4.79 Å². The third-order valence-electron chi connectivity index (χ3n) is 4.25. The first kappa shape index (κ1) is 24.4. The van der Waals surface area contributed by atoms with Gasteiger partial charge in [-0.2, -0.15) is 0 Å². The molecule has 29 heavy (non-hydrogen) atoms. The molecule has 158 valence electrons. The van der Waals surface area contributed by atoms with Crippen LogP contribution in [0.5, 0.6) is 0 Å². The summed E-state index contributed by atoms with van der Waals surface area (Å²) in [6, 6.07) is 14.2. The quantitative estimate of drug-likeness (QED) is 0.648. The summed E-state index contributed by atoms with van der Waals surface area (Å²) in [6.07, 6.45) is 1.03. The average Bonchev–Trinajstić information content (AvgIpc) is 3.06. The Morgan fingerprint density at radius 1 is 1.03 bits per heavy atom. The Bertz CT molecular complexity index is 882. The number of benzene rings is 2. The summed E-state index contributed by atoms with van der Waals surface area (Å²) < 4.78 is 2.16. The van der Waals surface area contributed by atoms with Crippen molar-refractivity contribution in [2.24, 2.45) is 0 Å². The summed E-state index contributed by atoms with van der Waals surface area (Å²) in [5.41, 5.74) is 4.93. The lowest BCUT2D eigenvalue weighted by Gasteiger charge is -2.07. The van der Waals surface area contributed by atoms with Gasteiger partial charge in [-0.05, 0) is 38.2 Å². The third kappa shape index (κ3) is 5.67. The molecule has 0 atom stereocenters. The van der Waals surface area contributed by atoms with Gasteiger partial charge in [0.05, 0.1) is 16.6 Å². The minimum Gasteiger partial charge on any atom is -0.350 e. The van der Waals surface area contributed by atoms with Crippen molar-refractivity contribution in [1.29, 1.82) is 0 Å². The highest BCUT2D eigenvalue weighted by Gasteiger charge is 2.21. The molecule has 5 nitrogen and oxygen atoms in total. The van der Waals surface area contributed by atoms with Crippen LogP contribution in [-0.2, 0) is 13.0 Å². The molecule has 1 amide bonds. The number of hydrogen-bond acceptors (Lipinski definition) is 3. The van der Waals surface area contributed by atoms with Crippen LogP contribution in [0.1, 0.15) is 50.5 Å². The minimum absolute atomic E-state index is 0.0165. The van der Waals surface area contributed by atoms with Gasteiger partial charge in [0.2, 0.25) is 0 Å². The molecule has 2 aromatic carbocycles. The summed E-state index contributed by atoms with van der Waals surface area (Å²) in [5.74, 6) is 0.915. The second kappa shape index (κ2) is 12.7. The van der Waals surface area contributed by atoms with E-state index < -0.39 is 0 Å². The van der Waals surface area contributed by atoms with Crippen LogP contribution in [0, 0.1) is 0 Å². The molecule has 5 heteroatoms. The second-order valence-electron chi connectivity index (χ2n) is 6.07. The van der Waals surface area contributed by atoms with Crippen molar-refractivity contribution in [2.75, 3.05) is 20.6 Å². The Labute approximate surface area is 175 Å². The van der Waals surface area contributed by atoms with Crippen LogP contribution in [0.15, 0.2) is 42.5 Å². The predicted octanol–water partition coefficient (Wildman–Crippen LogP) is 4.90. The molecule has 0 fully saturated rings. The number of rotatable bonds is 2. The Balaban J connectivity index is 0.000000540. The van der Waals surface area contributed by atoms with E-state index in [-0.39, 0.29) is 5.91 Å².